The largest absolute Gasteiger partial charge is 0.494 e. The first kappa shape index (κ1) is 15.3. The standard InChI is InChI=1S/C19H22BO2/c1-14-6-8-15(9-7-14)16-10-12-17(13-11-16)20-21-18(2,3)19(4,5)22-20/h6-13H,1H2,2-5H3. The van der Waals surface area contributed by atoms with E-state index in [1.807, 2.05) is 12.1 Å². The van der Waals surface area contributed by atoms with Crippen LogP contribution in [0, 0.1) is 6.92 Å². The molecule has 1 aliphatic heterocycles. The summed E-state index contributed by atoms with van der Waals surface area (Å²) in [4.78, 5) is 0. The van der Waals surface area contributed by atoms with E-state index >= 15 is 0 Å². The lowest BCUT2D eigenvalue weighted by molar-refractivity contribution is 0.00578. The predicted molar refractivity (Wildman–Crippen MR) is 92.1 cm³/mol. The monoisotopic (exact) mass is 293 g/mol. The van der Waals surface area contributed by atoms with Gasteiger partial charge in [0.25, 0.3) is 0 Å². The molecule has 0 saturated carbocycles. The molecule has 1 saturated heterocycles. The van der Waals surface area contributed by atoms with Gasteiger partial charge < -0.3 is 9.31 Å². The molecule has 2 nitrogen and oxygen atoms in total. The summed E-state index contributed by atoms with van der Waals surface area (Å²) in [6.45, 7) is 12.2. The van der Waals surface area contributed by atoms with Crippen LogP contribution in [-0.4, -0.2) is 18.3 Å². The van der Waals surface area contributed by atoms with Gasteiger partial charge in [0.2, 0.25) is 0 Å². The maximum absolute atomic E-state index is 6.08. The van der Waals surface area contributed by atoms with Gasteiger partial charge in [-0.3, -0.25) is 0 Å². The van der Waals surface area contributed by atoms with Gasteiger partial charge in [0.15, 0.2) is 0 Å². The van der Waals surface area contributed by atoms with Gasteiger partial charge in [-0.05, 0) is 56.8 Å². The molecule has 0 aromatic heterocycles. The van der Waals surface area contributed by atoms with Crippen molar-refractivity contribution in [3.05, 3.63) is 61.0 Å². The zero-order valence-electron chi connectivity index (χ0n) is 13.7. The zero-order chi connectivity index (χ0) is 16.0. The number of benzene rings is 2. The van der Waals surface area contributed by atoms with Crippen LogP contribution in [0.5, 0.6) is 0 Å². The normalized spacial score (nSPS) is 19.4. The highest BCUT2D eigenvalue weighted by Crippen LogP contribution is 2.36. The molecule has 0 aliphatic carbocycles. The maximum atomic E-state index is 6.08. The molecule has 1 radical (unpaired) electrons. The Morgan fingerprint density at radius 1 is 0.727 bits per heavy atom. The highest BCUT2D eigenvalue weighted by Gasteiger charge is 2.51. The molecule has 2 aromatic rings. The van der Waals surface area contributed by atoms with Gasteiger partial charge in [-0.15, -0.1) is 0 Å². The van der Waals surface area contributed by atoms with Gasteiger partial charge in [-0.25, -0.2) is 0 Å². The minimum absolute atomic E-state index is 0.304. The van der Waals surface area contributed by atoms with Gasteiger partial charge in [-0.2, -0.15) is 0 Å². The van der Waals surface area contributed by atoms with Gasteiger partial charge in [0.1, 0.15) is 0 Å². The summed E-state index contributed by atoms with van der Waals surface area (Å²) in [6.07, 6.45) is 0. The summed E-state index contributed by atoms with van der Waals surface area (Å²) in [5.41, 5.74) is 3.84. The van der Waals surface area contributed by atoms with E-state index in [1.54, 1.807) is 0 Å². The Bertz CT molecular complexity index is 641. The molecular weight excluding hydrogens is 271 g/mol. The van der Waals surface area contributed by atoms with Crippen molar-refractivity contribution in [2.75, 3.05) is 0 Å². The fraction of sp³-hybridized carbons (Fsp3) is 0.316. The lowest BCUT2D eigenvalue weighted by Crippen LogP contribution is -2.41. The van der Waals surface area contributed by atoms with E-state index in [-0.39, 0.29) is 18.3 Å². The van der Waals surface area contributed by atoms with Gasteiger partial charge in [-0.1, -0.05) is 48.5 Å². The molecule has 113 valence electrons. The van der Waals surface area contributed by atoms with Gasteiger partial charge in [0.05, 0.1) is 11.2 Å². The van der Waals surface area contributed by atoms with Gasteiger partial charge in [0, 0.05) is 0 Å². The molecule has 3 rings (SSSR count). The Labute approximate surface area is 133 Å². The molecule has 1 heterocycles. The SMILES string of the molecule is [CH2]c1ccc(-c2ccc(B3OC(C)(C)C(C)(C)O3)cc2)cc1. The fourth-order valence-corrected chi connectivity index (χ4v) is 2.51. The quantitative estimate of drug-likeness (QED) is 0.783. The molecule has 0 spiro atoms. The average Bonchev–Trinajstić information content (AvgIpc) is 2.68. The van der Waals surface area contributed by atoms with E-state index in [0.29, 0.717) is 0 Å². The highest BCUT2D eigenvalue weighted by molar-refractivity contribution is 6.62. The summed E-state index contributed by atoms with van der Waals surface area (Å²) >= 11 is 0. The van der Waals surface area contributed by atoms with Crippen molar-refractivity contribution in [2.45, 2.75) is 38.9 Å². The first-order chi connectivity index (χ1) is 10.3. The van der Waals surface area contributed by atoms with Crippen LogP contribution in [0.4, 0.5) is 0 Å². The van der Waals surface area contributed by atoms with Crippen LogP contribution in [0.2, 0.25) is 0 Å². The molecule has 22 heavy (non-hydrogen) atoms. The van der Waals surface area contributed by atoms with E-state index in [2.05, 4.69) is 71.0 Å². The lowest BCUT2D eigenvalue weighted by Gasteiger charge is -2.32. The third-order valence-electron chi connectivity index (χ3n) is 4.72. The van der Waals surface area contributed by atoms with Crippen LogP contribution in [0.3, 0.4) is 0 Å². The van der Waals surface area contributed by atoms with Crippen LogP contribution < -0.4 is 5.46 Å². The molecule has 2 aromatic carbocycles. The summed E-state index contributed by atoms with van der Waals surface area (Å²) in [6, 6.07) is 16.6. The van der Waals surface area contributed by atoms with Crippen LogP contribution >= 0.6 is 0 Å². The van der Waals surface area contributed by atoms with E-state index in [0.717, 1.165) is 11.0 Å². The summed E-state index contributed by atoms with van der Waals surface area (Å²) in [5, 5.41) is 0. The van der Waals surface area contributed by atoms with Crippen LogP contribution in [0.15, 0.2) is 48.5 Å². The number of rotatable bonds is 2. The number of hydrogen-bond acceptors (Lipinski definition) is 2. The second-order valence-electron chi connectivity index (χ2n) is 6.91. The molecule has 3 heteroatoms. The lowest BCUT2D eigenvalue weighted by atomic mass is 9.78. The first-order valence-electron chi connectivity index (χ1n) is 7.66. The van der Waals surface area contributed by atoms with Gasteiger partial charge >= 0.3 is 7.12 Å². The van der Waals surface area contributed by atoms with Crippen molar-refractivity contribution in [1.29, 1.82) is 0 Å². The van der Waals surface area contributed by atoms with Crippen molar-refractivity contribution in [2.24, 2.45) is 0 Å². The molecule has 0 atom stereocenters. The first-order valence-corrected chi connectivity index (χ1v) is 7.66. The zero-order valence-corrected chi connectivity index (χ0v) is 13.7. The van der Waals surface area contributed by atoms with E-state index in [9.17, 15) is 0 Å². The molecule has 1 fully saturated rings. The smallest absolute Gasteiger partial charge is 0.399 e. The van der Waals surface area contributed by atoms with Crippen molar-refractivity contribution in [3.63, 3.8) is 0 Å². The van der Waals surface area contributed by atoms with Crippen molar-refractivity contribution in [3.8, 4) is 11.1 Å². The molecule has 0 bridgehead atoms. The second kappa shape index (κ2) is 5.25. The molecule has 0 unspecified atom stereocenters. The minimum Gasteiger partial charge on any atom is -0.399 e. The molecule has 0 amide bonds. The average molecular weight is 293 g/mol. The summed E-state index contributed by atoms with van der Waals surface area (Å²) in [5.74, 6) is 0. The van der Waals surface area contributed by atoms with E-state index in [1.165, 1.54) is 11.1 Å². The van der Waals surface area contributed by atoms with Crippen LogP contribution in [0.25, 0.3) is 11.1 Å². The maximum Gasteiger partial charge on any atom is 0.494 e. The number of hydrogen-bond donors (Lipinski definition) is 0. The minimum atomic E-state index is -0.305. The second-order valence-corrected chi connectivity index (χ2v) is 6.91. The summed E-state index contributed by atoms with van der Waals surface area (Å²) < 4.78 is 12.2. The molecule has 1 aliphatic rings. The summed E-state index contributed by atoms with van der Waals surface area (Å²) in [7, 11) is -0.304. The van der Waals surface area contributed by atoms with Crippen molar-refractivity contribution in [1.82, 2.24) is 0 Å². The van der Waals surface area contributed by atoms with Crippen molar-refractivity contribution < 1.29 is 9.31 Å². The molecule has 0 N–H and O–H groups in total. The Kier molecular flexibility index (Phi) is 3.66. The van der Waals surface area contributed by atoms with Crippen LogP contribution in [0.1, 0.15) is 33.3 Å². The Hall–Kier alpha value is -1.58. The van der Waals surface area contributed by atoms with Crippen LogP contribution in [-0.2, 0) is 9.31 Å². The third-order valence-corrected chi connectivity index (χ3v) is 4.72. The molecular formula is C19H22BO2. The highest BCUT2D eigenvalue weighted by atomic mass is 16.7. The third kappa shape index (κ3) is 2.71. The Morgan fingerprint density at radius 2 is 1.14 bits per heavy atom. The van der Waals surface area contributed by atoms with E-state index < -0.39 is 0 Å². The Balaban J connectivity index is 1.82. The Morgan fingerprint density at radius 3 is 1.59 bits per heavy atom. The van der Waals surface area contributed by atoms with Crippen molar-refractivity contribution >= 4 is 12.6 Å². The fourth-order valence-electron chi connectivity index (χ4n) is 2.51. The predicted octanol–water partition coefficient (Wildman–Crippen LogP) is 3.83. The van der Waals surface area contributed by atoms with E-state index in [4.69, 9.17) is 9.31 Å². The topological polar surface area (TPSA) is 18.5 Å².